The fraction of sp³-hybridized carbons (Fsp3) is 0.333. The van der Waals surface area contributed by atoms with Crippen molar-refractivity contribution in [2.24, 2.45) is 0 Å². The molecule has 2 nitrogen and oxygen atoms in total. The fourth-order valence-electron chi connectivity index (χ4n) is 2.40. The maximum Gasteiger partial charge on any atom is 0.123 e. The molecule has 3 heteroatoms. The van der Waals surface area contributed by atoms with Gasteiger partial charge in [-0.3, -0.25) is 0 Å². The molecule has 0 bridgehead atoms. The van der Waals surface area contributed by atoms with Crippen LogP contribution in [0.4, 0.5) is 10.1 Å². The van der Waals surface area contributed by atoms with Crippen molar-refractivity contribution in [3.05, 3.63) is 65.5 Å². The van der Waals surface area contributed by atoms with E-state index in [4.69, 9.17) is 0 Å². The lowest BCUT2D eigenvalue weighted by atomic mass is 10.0. The summed E-state index contributed by atoms with van der Waals surface area (Å²) in [5.74, 6) is -0.191. The molecule has 0 amide bonds. The van der Waals surface area contributed by atoms with E-state index >= 15 is 0 Å². The average Bonchev–Trinajstić information content (AvgIpc) is 2.47. The highest BCUT2D eigenvalue weighted by molar-refractivity contribution is 5.46. The van der Waals surface area contributed by atoms with Gasteiger partial charge in [-0.15, -0.1) is 0 Å². The Hall–Kier alpha value is -1.87. The van der Waals surface area contributed by atoms with Crippen molar-refractivity contribution >= 4 is 5.69 Å². The van der Waals surface area contributed by atoms with Gasteiger partial charge in [-0.1, -0.05) is 24.3 Å². The minimum Gasteiger partial charge on any atom is -0.378 e. The van der Waals surface area contributed by atoms with Gasteiger partial charge in [0.05, 0.1) is 0 Å². The zero-order chi connectivity index (χ0) is 15.4. The minimum atomic E-state index is -0.191. The van der Waals surface area contributed by atoms with E-state index in [0.717, 1.165) is 5.56 Å². The van der Waals surface area contributed by atoms with Gasteiger partial charge in [0.25, 0.3) is 0 Å². The number of nitrogens with one attached hydrogen (secondary N) is 1. The van der Waals surface area contributed by atoms with E-state index in [-0.39, 0.29) is 17.9 Å². The first-order chi connectivity index (χ1) is 9.97. The van der Waals surface area contributed by atoms with Gasteiger partial charge in [-0.25, -0.2) is 4.39 Å². The van der Waals surface area contributed by atoms with E-state index < -0.39 is 0 Å². The van der Waals surface area contributed by atoms with E-state index in [2.05, 4.69) is 48.3 Å². The summed E-state index contributed by atoms with van der Waals surface area (Å²) in [6.07, 6.45) is 0. The lowest BCUT2D eigenvalue weighted by Gasteiger charge is -2.21. The molecule has 0 aromatic heterocycles. The second-order valence-corrected chi connectivity index (χ2v) is 5.65. The summed E-state index contributed by atoms with van der Waals surface area (Å²) in [4.78, 5) is 2.08. The number of benzene rings is 2. The molecule has 0 aliphatic carbocycles. The van der Waals surface area contributed by atoms with Crippen molar-refractivity contribution in [1.29, 1.82) is 0 Å². The molecule has 0 saturated carbocycles. The Balaban J connectivity index is 2.05. The maximum absolute atomic E-state index is 13.3. The van der Waals surface area contributed by atoms with Crippen molar-refractivity contribution in [3.63, 3.8) is 0 Å². The zero-order valence-electron chi connectivity index (χ0n) is 13.1. The highest BCUT2D eigenvalue weighted by Crippen LogP contribution is 2.22. The summed E-state index contributed by atoms with van der Waals surface area (Å²) < 4.78 is 13.3. The molecule has 112 valence electrons. The Morgan fingerprint density at radius 3 is 2.10 bits per heavy atom. The van der Waals surface area contributed by atoms with Crippen molar-refractivity contribution in [2.45, 2.75) is 25.9 Å². The van der Waals surface area contributed by atoms with Crippen LogP contribution >= 0.6 is 0 Å². The molecular formula is C18H23FN2. The molecule has 2 aromatic rings. The molecule has 0 aliphatic rings. The topological polar surface area (TPSA) is 15.3 Å². The number of halogens is 1. The molecule has 0 heterocycles. The molecule has 2 unspecified atom stereocenters. The van der Waals surface area contributed by atoms with Gasteiger partial charge in [0.1, 0.15) is 5.82 Å². The third kappa shape index (κ3) is 4.05. The predicted octanol–water partition coefficient (Wildman–Crippen LogP) is 4.30. The number of rotatable bonds is 5. The van der Waals surface area contributed by atoms with Gasteiger partial charge in [0.2, 0.25) is 0 Å². The standard InChI is InChI=1S/C18H23FN2/c1-13(15-8-10-18(11-9-15)21(3)4)20-14(2)16-6-5-7-17(19)12-16/h5-14,20H,1-4H3. The molecule has 1 N–H and O–H groups in total. The fourth-order valence-corrected chi connectivity index (χ4v) is 2.40. The van der Waals surface area contributed by atoms with Crippen LogP contribution in [0.2, 0.25) is 0 Å². The van der Waals surface area contributed by atoms with Gasteiger partial charge < -0.3 is 10.2 Å². The number of nitrogens with zero attached hydrogens (tertiary/aromatic N) is 1. The first-order valence-corrected chi connectivity index (χ1v) is 7.26. The van der Waals surface area contributed by atoms with Crippen molar-refractivity contribution in [3.8, 4) is 0 Å². The molecule has 21 heavy (non-hydrogen) atoms. The maximum atomic E-state index is 13.3. The van der Waals surface area contributed by atoms with Crippen LogP contribution in [0.25, 0.3) is 0 Å². The molecule has 2 rings (SSSR count). The van der Waals surface area contributed by atoms with E-state index in [1.54, 1.807) is 12.1 Å². The SMILES string of the molecule is CC(NC(C)c1cccc(F)c1)c1ccc(N(C)C)cc1. The summed E-state index contributed by atoms with van der Waals surface area (Å²) >= 11 is 0. The van der Waals surface area contributed by atoms with Gasteiger partial charge in [-0.2, -0.15) is 0 Å². The second-order valence-electron chi connectivity index (χ2n) is 5.65. The molecule has 2 aromatic carbocycles. The van der Waals surface area contributed by atoms with E-state index in [9.17, 15) is 4.39 Å². The van der Waals surface area contributed by atoms with Crippen LogP contribution < -0.4 is 10.2 Å². The second kappa shape index (κ2) is 6.72. The third-order valence-corrected chi connectivity index (χ3v) is 3.76. The number of anilines is 1. The Kier molecular flexibility index (Phi) is 4.97. The molecule has 0 fully saturated rings. The normalized spacial score (nSPS) is 13.8. The Labute approximate surface area is 126 Å². The number of hydrogen-bond acceptors (Lipinski definition) is 2. The highest BCUT2D eigenvalue weighted by Gasteiger charge is 2.11. The van der Waals surface area contributed by atoms with Gasteiger partial charge >= 0.3 is 0 Å². The van der Waals surface area contributed by atoms with Crippen molar-refractivity contribution in [1.82, 2.24) is 5.32 Å². The van der Waals surface area contributed by atoms with Crippen molar-refractivity contribution < 1.29 is 4.39 Å². The van der Waals surface area contributed by atoms with Crippen LogP contribution in [-0.2, 0) is 0 Å². The lowest BCUT2D eigenvalue weighted by molar-refractivity contribution is 0.492. The van der Waals surface area contributed by atoms with Crippen LogP contribution in [-0.4, -0.2) is 14.1 Å². The van der Waals surface area contributed by atoms with Crippen LogP contribution in [0.3, 0.4) is 0 Å². The number of hydrogen-bond donors (Lipinski definition) is 1. The molecule has 0 aliphatic heterocycles. The third-order valence-electron chi connectivity index (χ3n) is 3.76. The minimum absolute atomic E-state index is 0.101. The first kappa shape index (κ1) is 15.5. The summed E-state index contributed by atoms with van der Waals surface area (Å²) in [5.41, 5.74) is 3.37. The Morgan fingerprint density at radius 1 is 0.905 bits per heavy atom. The molecule has 0 saturated heterocycles. The van der Waals surface area contributed by atoms with E-state index in [1.165, 1.54) is 17.3 Å². The molecule has 2 atom stereocenters. The van der Waals surface area contributed by atoms with E-state index in [1.807, 2.05) is 20.2 Å². The lowest BCUT2D eigenvalue weighted by Crippen LogP contribution is -2.22. The van der Waals surface area contributed by atoms with Crippen LogP contribution in [0.15, 0.2) is 48.5 Å². The Morgan fingerprint density at radius 2 is 1.52 bits per heavy atom. The molecule has 0 spiro atoms. The van der Waals surface area contributed by atoms with Crippen LogP contribution in [0.5, 0.6) is 0 Å². The van der Waals surface area contributed by atoms with Crippen LogP contribution in [0, 0.1) is 5.82 Å². The van der Waals surface area contributed by atoms with Gasteiger partial charge in [0, 0.05) is 31.9 Å². The molecule has 0 radical (unpaired) electrons. The van der Waals surface area contributed by atoms with Gasteiger partial charge in [0.15, 0.2) is 0 Å². The van der Waals surface area contributed by atoms with E-state index in [0.29, 0.717) is 0 Å². The molecular weight excluding hydrogens is 263 g/mol. The summed E-state index contributed by atoms with van der Waals surface area (Å²) in [6, 6.07) is 15.5. The summed E-state index contributed by atoms with van der Waals surface area (Å²) in [7, 11) is 4.06. The quantitative estimate of drug-likeness (QED) is 0.881. The Bertz CT molecular complexity index is 578. The zero-order valence-corrected chi connectivity index (χ0v) is 13.1. The first-order valence-electron chi connectivity index (χ1n) is 7.26. The van der Waals surface area contributed by atoms with Crippen molar-refractivity contribution in [2.75, 3.05) is 19.0 Å². The summed E-state index contributed by atoms with van der Waals surface area (Å²) in [6.45, 7) is 4.18. The van der Waals surface area contributed by atoms with Gasteiger partial charge in [-0.05, 0) is 49.2 Å². The largest absolute Gasteiger partial charge is 0.378 e. The average molecular weight is 286 g/mol. The monoisotopic (exact) mass is 286 g/mol. The smallest absolute Gasteiger partial charge is 0.123 e. The van der Waals surface area contributed by atoms with Crippen LogP contribution in [0.1, 0.15) is 37.1 Å². The summed E-state index contributed by atoms with van der Waals surface area (Å²) in [5, 5.41) is 3.51. The predicted molar refractivity (Wildman–Crippen MR) is 87.1 cm³/mol. The highest BCUT2D eigenvalue weighted by atomic mass is 19.1.